The Labute approximate surface area is 75.0 Å². The number of alkyl halides is 1. The number of hydrogen-bond acceptors (Lipinski definition) is 2. The largest absolute Gasteiger partial charge is 0.253 e. The zero-order valence-corrected chi connectivity index (χ0v) is 8.21. The van der Waals surface area contributed by atoms with E-state index in [1.165, 1.54) is 12.8 Å². The molecule has 0 aromatic carbocycles. The summed E-state index contributed by atoms with van der Waals surface area (Å²) in [7, 11) is 1.93. The minimum absolute atomic E-state index is 1.03. The number of aromatic nitrogens is 3. The second-order valence-electron chi connectivity index (χ2n) is 2.45. The first-order valence-corrected chi connectivity index (χ1v) is 4.85. The van der Waals surface area contributed by atoms with Crippen LogP contribution in [-0.4, -0.2) is 20.1 Å². The lowest BCUT2D eigenvalue weighted by Crippen LogP contribution is -1.99. The summed E-state index contributed by atoms with van der Waals surface area (Å²) >= 11 is 3.39. The molecule has 1 aromatic heterocycles. The van der Waals surface area contributed by atoms with Gasteiger partial charge in [0, 0.05) is 18.8 Å². The summed E-state index contributed by atoms with van der Waals surface area (Å²) in [6.07, 6.45) is 5.01. The van der Waals surface area contributed by atoms with Crippen LogP contribution in [0.3, 0.4) is 0 Å². The number of hydrogen-bond donors (Lipinski definition) is 0. The van der Waals surface area contributed by atoms with Crippen LogP contribution in [0.1, 0.15) is 18.7 Å². The lowest BCUT2D eigenvalue weighted by Gasteiger charge is -1.97. The van der Waals surface area contributed by atoms with E-state index in [9.17, 15) is 0 Å². The highest BCUT2D eigenvalue weighted by Crippen LogP contribution is 2.01. The van der Waals surface area contributed by atoms with Crippen molar-refractivity contribution in [1.82, 2.24) is 14.8 Å². The molecule has 0 aliphatic carbocycles. The van der Waals surface area contributed by atoms with Crippen LogP contribution in [0.2, 0.25) is 0 Å². The molecule has 0 atom stereocenters. The molecule has 0 bridgehead atoms. The van der Waals surface area contributed by atoms with E-state index in [-0.39, 0.29) is 0 Å². The number of halogens is 1. The maximum atomic E-state index is 4.12. The van der Waals surface area contributed by atoms with Gasteiger partial charge in [-0.05, 0) is 12.8 Å². The van der Waals surface area contributed by atoms with E-state index in [0.29, 0.717) is 0 Å². The van der Waals surface area contributed by atoms with Crippen LogP contribution < -0.4 is 0 Å². The van der Waals surface area contributed by atoms with Crippen molar-refractivity contribution in [3.63, 3.8) is 0 Å². The second kappa shape index (κ2) is 4.49. The smallest absolute Gasteiger partial charge is 0.138 e. The third kappa shape index (κ3) is 2.61. The van der Waals surface area contributed by atoms with Gasteiger partial charge in [0.25, 0.3) is 0 Å². The number of unbranched alkanes of at least 4 members (excludes halogenated alkanes) is 1. The summed E-state index contributed by atoms with van der Waals surface area (Å²) in [6, 6.07) is 0. The SMILES string of the molecule is Cn1ncnc1CCCCBr. The Morgan fingerprint density at radius 1 is 1.55 bits per heavy atom. The van der Waals surface area contributed by atoms with Gasteiger partial charge in [-0.25, -0.2) is 4.98 Å². The summed E-state index contributed by atoms with van der Waals surface area (Å²) in [5, 5.41) is 5.06. The Morgan fingerprint density at radius 3 is 2.91 bits per heavy atom. The molecule has 0 fully saturated rings. The van der Waals surface area contributed by atoms with Gasteiger partial charge in [0.15, 0.2) is 0 Å². The summed E-state index contributed by atoms with van der Waals surface area (Å²) in [5.74, 6) is 1.07. The van der Waals surface area contributed by atoms with Crippen LogP contribution in [-0.2, 0) is 13.5 Å². The molecule has 0 N–H and O–H groups in total. The average Bonchev–Trinajstić information content (AvgIpc) is 2.37. The Morgan fingerprint density at radius 2 is 2.36 bits per heavy atom. The molecule has 4 heteroatoms. The third-order valence-electron chi connectivity index (χ3n) is 1.59. The Kier molecular flexibility index (Phi) is 3.56. The van der Waals surface area contributed by atoms with E-state index in [1.54, 1.807) is 6.33 Å². The maximum Gasteiger partial charge on any atom is 0.138 e. The first-order chi connectivity index (χ1) is 5.34. The van der Waals surface area contributed by atoms with E-state index < -0.39 is 0 Å². The van der Waals surface area contributed by atoms with E-state index in [4.69, 9.17) is 0 Å². The minimum atomic E-state index is 1.03. The average molecular weight is 218 g/mol. The van der Waals surface area contributed by atoms with Crippen molar-refractivity contribution in [2.24, 2.45) is 7.05 Å². The predicted molar refractivity (Wildman–Crippen MR) is 47.7 cm³/mol. The Hall–Kier alpha value is -0.380. The minimum Gasteiger partial charge on any atom is -0.253 e. The van der Waals surface area contributed by atoms with E-state index in [1.807, 2.05) is 11.7 Å². The fraction of sp³-hybridized carbons (Fsp3) is 0.714. The lowest BCUT2D eigenvalue weighted by atomic mass is 10.2. The number of aryl methyl sites for hydroxylation is 2. The van der Waals surface area contributed by atoms with Gasteiger partial charge >= 0.3 is 0 Å². The van der Waals surface area contributed by atoms with Crippen LogP contribution in [0.4, 0.5) is 0 Å². The molecule has 0 spiro atoms. The van der Waals surface area contributed by atoms with Gasteiger partial charge in [-0.15, -0.1) is 0 Å². The van der Waals surface area contributed by atoms with Crippen LogP contribution in [0.5, 0.6) is 0 Å². The molecule has 1 heterocycles. The van der Waals surface area contributed by atoms with Crippen LogP contribution in [0.25, 0.3) is 0 Å². The molecule has 0 radical (unpaired) electrons. The summed E-state index contributed by atoms with van der Waals surface area (Å²) in [4.78, 5) is 4.12. The van der Waals surface area contributed by atoms with Crippen molar-refractivity contribution in [2.45, 2.75) is 19.3 Å². The lowest BCUT2D eigenvalue weighted by molar-refractivity contribution is 0.667. The Bertz CT molecular complexity index is 209. The van der Waals surface area contributed by atoms with Crippen LogP contribution in [0, 0.1) is 0 Å². The second-order valence-corrected chi connectivity index (χ2v) is 3.24. The summed E-state index contributed by atoms with van der Waals surface area (Å²) < 4.78 is 1.83. The topological polar surface area (TPSA) is 30.7 Å². The van der Waals surface area contributed by atoms with Gasteiger partial charge in [-0.2, -0.15) is 5.10 Å². The fourth-order valence-electron chi connectivity index (χ4n) is 0.924. The van der Waals surface area contributed by atoms with Crippen LogP contribution in [0.15, 0.2) is 6.33 Å². The van der Waals surface area contributed by atoms with Gasteiger partial charge in [0.1, 0.15) is 12.2 Å². The highest BCUT2D eigenvalue weighted by atomic mass is 79.9. The van der Waals surface area contributed by atoms with E-state index in [2.05, 4.69) is 26.0 Å². The first-order valence-electron chi connectivity index (χ1n) is 3.73. The van der Waals surface area contributed by atoms with Gasteiger partial charge < -0.3 is 0 Å². The molecular weight excluding hydrogens is 206 g/mol. The van der Waals surface area contributed by atoms with E-state index in [0.717, 1.165) is 17.6 Å². The molecule has 1 aromatic rings. The molecule has 62 valence electrons. The molecule has 0 saturated heterocycles. The van der Waals surface area contributed by atoms with Crippen molar-refractivity contribution in [3.8, 4) is 0 Å². The van der Waals surface area contributed by atoms with Crippen molar-refractivity contribution in [3.05, 3.63) is 12.2 Å². The van der Waals surface area contributed by atoms with Gasteiger partial charge in [0.2, 0.25) is 0 Å². The third-order valence-corrected chi connectivity index (χ3v) is 2.15. The zero-order chi connectivity index (χ0) is 8.10. The normalized spacial score (nSPS) is 10.4. The maximum absolute atomic E-state index is 4.12. The van der Waals surface area contributed by atoms with Crippen molar-refractivity contribution in [2.75, 3.05) is 5.33 Å². The molecule has 0 aliphatic heterocycles. The fourth-order valence-corrected chi connectivity index (χ4v) is 1.32. The molecular formula is C7H12BrN3. The molecule has 0 aliphatic rings. The first kappa shape index (κ1) is 8.71. The van der Waals surface area contributed by atoms with Crippen LogP contribution >= 0.6 is 15.9 Å². The molecule has 1 rings (SSSR count). The van der Waals surface area contributed by atoms with Gasteiger partial charge in [-0.3, -0.25) is 4.68 Å². The van der Waals surface area contributed by atoms with Gasteiger partial charge in [0.05, 0.1) is 0 Å². The number of rotatable bonds is 4. The summed E-state index contributed by atoms with van der Waals surface area (Å²) in [5.41, 5.74) is 0. The van der Waals surface area contributed by atoms with Gasteiger partial charge in [-0.1, -0.05) is 15.9 Å². The van der Waals surface area contributed by atoms with E-state index >= 15 is 0 Å². The summed E-state index contributed by atoms with van der Waals surface area (Å²) in [6.45, 7) is 0. The Balaban J connectivity index is 2.32. The van der Waals surface area contributed by atoms with Crippen molar-refractivity contribution >= 4 is 15.9 Å². The zero-order valence-electron chi connectivity index (χ0n) is 6.63. The molecule has 11 heavy (non-hydrogen) atoms. The molecule has 0 amide bonds. The van der Waals surface area contributed by atoms with Crippen molar-refractivity contribution < 1.29 is 0 Å². The predicted octanol–water partition coefficient (Wildman–Crippen LogP) is 1.53. The molecule has 0 saturated carbocycles. The monoisotopic (exact) mass is 217 g/mol. The number of nitrogens with zero attached hydrogens (tertiary/aromatic N) is 3. The molecule has 0 unspecified atom stereocenters. The highest BCUT2D eigenvalue weighted by Gasteiger charge is 1.98. The quantitative estimate of drug-likeness (QED) is 0.566. The highest BCUT2D eigenvalue weighted by molar-refractivity contribution is 9.09. The molecule has 3 nitrogen and oxygen atoms in total. The van der Waals surface area contributed by atoms with Crippen molar-refractivity contribution in [1.29, 1.82) is 0 Å². The standard InChI is InChI=1S/C7H12BrN3/c1-11-7(9-6-10-11)4-2-3-5-8/h6H,2-5H2,1H3.